The van der Waals surface area contributed by atoms with Crippen molar-refractivity contribution in [2.75, 3.05) is 39.6 Å². The van der Waals surface area contributed by atoms with Gasteiger partial charge in [-0.2, -0.15) is 0 Å². The molecule has 0 spiro atoms. The summed E-state index contributed by atoms with van der Waals surface area (Å²) in [6.45, 7) is 9.43. The third kappa shape index (κ3) is 66.7. The van der Waals surface area contributed by atoms with Crippen LogP contribution < -0.4 is 0 Å². The first-order valence-corrected chi connectivity index (χ1v) is 41.0. The maximum absolute atomic E-state index is 13.0. The molecule has 5 atom stereocenters. The van der Waals surface area contributed by atoms with Crippen LogP contribution >= 0.6 is 15.6 Å². The number of carbonyl (C=O) groups is 4. The van der Waals surface area contributed by atoms with Gasteiger partial charge in [-0.15, -0.1) is 0 Å². The zero-order valence-corrected chi connectivity index (χ0v) is 61.6. The van der Waals surface area contributed by atoms with Crippen LogP contribution in [0.4, 0.5) is 0 Å². The molecule has 0 amide bonds. The van der Waals surface area contributed by atoms with Crippen LogP contribution in [-0.4, -0.2) is 96.7 Å². The fraction of sp³-hybridized carbons (Fsp3) is 0.945. The normalized spacial score (nSPS) is 14.1. The highest BCUT2D eigenvalue weighted by Gasteiger charge is 2.30. The van der Waals surface area contributed by atoms with E-state index in [1.165, 1.54) is 186 Å². The van der Waals surface area contributed by atoms with E-state index in [9.17, 15) is 43.2 Å². The summed E-state index contributed by atoms with van der Waals surface area (Å²) in [6.07, 6.45) is 51.8. The fourth-order valence-electron chi connectivity index (χ4n) is 11.1. The first-order valence-electron chi connectivity index (χ1n) is 38.0. The van der Waals surface area contributed by atoms with Crippen molar-refractivity contribution in [3.8, 4) is 0 Å². The standard InChI is InChI=1S/C73H142O17P2/c1-7-9-11-13-15-17-19-20-21-22-23-24-25-26-27-28-29-30-32-38-45-51-57-72(77)89-68(62-84-71(76)56-50-44-39-33-35-41-47-53-65(3)4)63-87-91(79,80)85-59-67(74)60-86-92(81,82)88-64-69(90-73(78)58-52-46-40-34-36-42-48-54-66(5)6)61-83-70(75)55-49-43-37-31-18-16-14-12-10-8-2/h65-69,74H,7-64H2,1-6H3,(H,79,80)(H,81,82)/t67-,68-,69-/m1/s1. The van der Waals surface area contributed by atoms with Gasteiger partial charge in [-0.25, -0.2) is 9.13 Å². The van der Waals surface area contributed by atoms with E-state index in [2.05, 4.69) is 41.5 Å². The van der Waals surface area contributed by atoms with E-state index in [0.717, 1.165) is 96.3 Å². The Kier molecular flexibility index (Phi) is 63.7. The van der Waals surface area contributed by atoms with Crippen LogP contribution in [0.25, 0.3) is 0 Å². The Hall–Kier alpha value is -1.94. The molecule has 0 bridgehead atoms. The van der Waals surface area contributed by atoms with Gasteiger partial charge in [0, 0.05) is 25.7 Å². The first-order chi connectivity index (χ1) is 44.4. The van der Waals surface area contributed by atoms with E-state index >= 15 is 0 Å². The molecule has 0 aromatic carbocycles. The number of carbonyl (C=O) groups excluding carboxylic acids is 4. The first kappa shape index (κ1) is 90.1. The number of aliphatic hydroxyl groups excluding tert-OH is 1. The van der Waals surface area contributed by atoms with Gasteiger partial charge in [0.15, 0.2) is 12.2 Å². The molecule has 0 saturated carbocycles. The average molecular weight is 1350 g/mol. The topological polar surface area (TPSA) is 237 Å². The van der Waals surface area contributed by atoms with Crippen molar-refractivity contribution in [3.63, 3.8) is 0 Å². The van der Waals surface area contributed by atoms with E-state index < -0.39 is 97.5 Å². The van der Waals surface area contributed by atoms with Gasteiger partial charge in [-0.3, -0.25) is 37.3 Å². The van der Waals surface area contributed by atoms with Gasteiger partial charge in [0.05, 0.1) is 26.4 Å². The van der Waals surface area contributed by atoms with Gasteiger partial charge < -0.3 is 33.8 Å². The molecule has 0 aliphatic heterocycles. The summed E-state index contributed by atoms with van der Waals surface area (Å²) in [5.41, 5.74) is 0. The van der Waals surface area contributed by atoms with Crippen LogP contribution in [0.3, 0.4) is 0 Å². The molecule has 92 heavy (non-hydrogen) atoms. The summed E-state index contributed by atoms with van der Waals surface area (Å²) in [5, 5.41) is 10.6. The summed E-state index contributed by atoms with van der Waals surface area (Å²) in [6, 6.07) is 0. The van der Waals surface area contributed by atoms with Crippen molar-refractivity contribution in [3.05, 3.63) is 0 Å². The smallest absolute Gasteiger partial charge is 0.462 e. The summed E-state index contributed by atoms with van der Waals surface area (Å²) in [7, 11) is -9.90. The van der Waals surface area contributed by atoms with Gasteiger partial charge in [0.25, 0.3) is 0 Å². The molecule has 3 N–H and O–H groups in total. The molecular formula is C73H142O17P2. The van der Waals surface area contributed by atoms with Crippen LogP contribution in [0.5, 0.6) is 0 Å². The Labute approximate surface area is 562 Å². The molecule has 0 fully saturated rings. The highest BCUT2D eigenvalue weighted by molar-refractivity contribution is 7.47. The van der Waals surface area contributed by atoms with Gasteiger partial charge in [0.1, 0.15) is 19.3 Å². The molecule has 17 nitrogen and oxygen atoms in total. The van der Waals surface area contributed by atoms with Crippen molar-refractivity contribution < 1.29 is 80.2 Å². The molecule has 0 saturated heterocycles. The van der Waals surface area contributed by atoms with Gasteiger partial charge in [0.2, 0.25) is 0 Å². The van der Waals surface area contributed by atoms with Crippen LogP contribution in [0, 0.1) is 11.8 Å². The van der Waals surface area contributed by atoms with Gasteiger partial charge in [-0.05, 0) is 37.5 Å². The lowest BCUT2D eigenvalue weighted by atomic mass is 10.0. The highest BCUT2D eigenvalue weighted by Crippen LogP contribution is 2.45. The van der Waals surface area contributed by atoms with Crippen molar-refractivity contribution in [2.24, 2.45) is 11.8 Å². The second-order valence-corrected chi connectivity index (χ2v) is 30.2. The molecule has 2 unspecified atom stereocenters. The molecule has 0 aliphatic carbocycles. The second-order valence-electron chi connectivity index (χ2n) is 27.3. The minimum absolute atomic E-state index is 0.104. The number of hydrogen-bond donors (Lipinski definition) is 3. The molecule has 0 aromatic rings. The summed E-state index contributed by atoms with van der Waals surface area (Å²) in [4.78, 5) is 72.5. The Balaban J connectivity index is 5.13. The minimum Gasteiger partial charge on any atom is -0.462 e. The van der Waals surface area contributed by atoms with Crippen molar-refractivity contribution in [1.82, 2.24) is 0 Å². The SMILES string of the molecule is CCCCCCCCCCCCCCCCCCCCCCCCC(=O)O[C@H](COC(=O)CCCCCCCCCC(C)C)COP(=O)(O)OC[C@@H](O)COP(=O)(O)OC[C@@H](COC(=O)CCCCCCCCCCCC)OC(=O)CCCCCCCCCC(C)C. The van der Waals surface area contributed by atoms with Crippen LogP contribution in [-0.2, 0) is 65.4 Å². The number of ether oxygens (including phenoxy) is 4. The molecule has 0 aliphatic rings. The summed E-state index contributed by atoms with van der Waals surface area (Å²) in [5.74, 6) is -0.726. The predicted octanol–water partition coefficient (Wildman–Crippen LogP) is 21.2. The largest absolute Gasteiger partial charge is 0.472 e. The quantitative estimate of drug-likeness (QED) is 0.0222. The maximum Gasteiger partial charge on any atom is 0.472 e. The number of phosphoric acid groups is 2. The Morgan fingerprint density at radius 3 is 0.739 bits per heavy atom. The van der Waals surface area contributed by atoms with E-state index in [1.807, 2.05) is 0 Å². The Morgan fingerprint density at radius 1 is 0.293 bits per heavy atom. The van der Waals surface area contributed by atoms with Gasteiger partial charge in [-0.1, -0.05) is 324 Å². The molecule has 0 radical (unpaired) electrons. The van der Waals surface area contributed by atoms with Crippen LogP contribution in [0.2, 0.25) is 0 Å². The number of phosphoric ester groups is 2. The molecule has 0 rings (SSSR count). The summed E-state index contributed by atoms with van der Waals surface area (Å²) >= 11 is 0. The van der Waals surface area contributed by atoms with Gasteiger partial charge >= 0.3 is 39.5 Å². The van der Waals surface area contributed by atoms with Crippen LogP contribution in [0.15, 0.2) is 0 Å². The number of aliphatic hydroxyl groups is 1. The lowest BCUT2D eigenvalue weighted by molar-refractivity contribution is -0.161. The monoisotopic (exact) mass is 1350 g/mol. The lowest BCUT2D eigenvalue weighted by Gasteiger charge is -2.21. The van der Waals surface area contributed by atoms with E-state index in [0.29, 0.717) is 37.5 Å². The second kappa shape index (κ2) is 65.0. The molecule has 0 aromatic heterocycles. The Bertz CT molecular complexity index is 1790. The zero-order chi connectivity index (χ0) is 67.9. The van der Waals surface area contributed by atoms with E-state index in [-0.39, 0.29) is 25.7 Å². The molecule has 546 valence electrons. The number of unbranched alkanes of at least 4 members (excludes halogenated alkanes) is 42. The highest BCUT2D eigenvalue weighted by atomic mass is 31.2. The molecule has 19 heteroatoms. The number of esters is 4. The fourth-order valence-corrected chi connectivity index (χ4v) is 12.7. The van der Waals surface area contributed by atoms with E-state index in [1.54, 1.807) is 0 Å². The predicted molar refractivity (Wildman–Crippen MR) is 372 cm³/mol. The van der Waals surface area contributed by atoms with Crippen molar-refractivity contribution in [1.29, 1.82) is 0 Å². The van der Waals surface area contributed by atoms with Crippen LogP contribution in [0.1, 0.15) is 375 Å². The molecule has 0 heterocycles. The average Bonchev–Trinajstić information content (AvgIpc) is 1.84. The third-order valence-corrected chi connectivity index (χ3v) is 18.9. The maximum atomic E-state index is 13.0. The minimum atomic E-state index is -4.95. The van der Waals surface area contributed by atoms with Crippen molar-refractivity contribution in [2.45, 2.75) is 394 Å². The van der Waals surface area contributed by atoms with Crippen molar-refractivity contribution >= 4 is 39.5 Å². The third-order valence-electron chi connectivity index (χ3n) is 17.0. The zero-order valence-electron chi connectivity index (χ0n) is 59.9. The lowest BCUT2D eigenvalue weighted by Crippen LogP contribution is -2.30. The number of rotatable bonds is 72. The Morgan fingerprint density at radius 2 is 0.500 bits per heavy atom. The number of hydrogen-bond acceptors (Lipinski definition) is 15. The van der Waals surface area contributed by atoms with E-state index in [4.69, 9.17) is 37.0 Å². The summed E-state index contributed by atoms with van der Waals surface area (Å²) < 4.78 is 68.3. The molecular weight excluding hydrogens is 1210 g/mol.